The molecule has 0 aliphatic heterocycles. The Morgan fingerprint density at radius 2 is 1.52 bits per heavy atom. The Kier molecular flexibility index (Phi) is 5.76. The molecular weight excluding hydrogens is 356 g/mol. The Hall–Kier alpha value is -2.35. The summed E-state index contributed by atoms with van der Waals surface area (Å²) in [7, 11) is 0. The lowest BCUT2D eigenvalue weighted by molar-refractivity contribution is -0.145. The highest BCUT2D eigenvalue weighted by Gasteiger charge is 2.36. The number of carbonyl (C=O) groups is 1. The van der Waals surface area contributed by atoms with Gasteiger partial charge in [-0.1, -0.05) is 76.2 Å². The van der Waals surface area contributed by atoms with E-state index in [1.807, 2.05) is 19.1 Å². The van der Waals surface area contributed by atoms with E-state index in [1.165, 1.54) is 42.0 Å². The summed E-state index contributed by atoms with van der Waals surface area (Å²) in [5.41, 5.74) is 8.15. The van der Waals surface area contributed by atoms with E-state index in [0.29, 0.717) is 0 Å². The Morgan fingerprint density at radius 3 is 2.10 bits per heavy atom. The molecule has 2 aromatic rings. The lowest BCUT2D eigenvalue weighted by atomic mass is 9.63. The highest BCUT2D eigenvalue weighted by atomic mass is 16.5. The van der Waals surface area contributed by atoms with Gasteiger partial charge in [-0.15, -0.1) is 0 Å². The van der Waals surface area contributed by atoms with Crippen molar-refractivity contribution in [2.75, 3.05) is 0 Å². The normalized spacial score (nSPS) is 18.7. The molecule has 2 nitrogen and oxygen atoms in total. The zero-order valence-corrected chi connectivity index (χ0v) is 18.9. The maximum Gasteiger partial charge on any atom is 0.303 e. The van der Waals surface area contributed by atoms with Crippen LogP contribution in [0.3, 0.4) is 0 Å². The molecule has 0 saturated carbocycles. The Labute approximate surface area is 176 Å². The molecule has 1 aliphatic carbocycles. The molecule has 0 radical (unpaired) electrons. The molecule has 1 unspecified atom stereocenters. The van der Waals surface area contributed by atoms with Crippen molar-refractivity contribution in [1.82, 2.24) is 0 Å². The zero-order chi connectivity index (χ0) is 21.4. The summed E-state index contributed by atoms with van der Waals surface area (Å²) < 4.78 is 5.26. The van der Waals surface area contributed by atoms with Gasteiger partial charge in [0.1, 0.15) is 6.10 Å². The molecule has 0 saturated heterocycles. The lowest BCUT2D eigenvalue weighted by Crippen LogP contribution is -2.33. The van der Waals surface area contributed by atoms with Crippen LogP contribution in [0.25, 0.3) is 11.6 Å². The van der Waals surface area contributed by atoms with Crippen LogP contribution < -0.4 is 0 Å². The summed E-state index contributed by atoms with van der Waals surface area (Å²) in [6.45, 7) is 15.0. The predicted octanol–water partition coefficient (Wildman–Crippen LogP) is 7.22. The van der Waals surface area contributed by atoms with E-state index in [9.17, 15) is 4.79 Å². The van der Waals surface area contributed by atoms with Gasteiger partial charge >= 0.3 is 5.97 Å². The summed E-state index contributed by atoms with van der Waals surface area (Å²) in [4.78, 5) is 11.2. The third-order valence-electron chi connectivity index (χ3n) is 6.44. The number of esters is 1. The molecule has 0 heterocycles. The Morgan fingerprint density at radius 1 is 0.931 bits per heavy atom. The zero-order valence-electron chi connectivity index (χ0n) is 18.9. The van der Waals surface area contributed by atoms with Gasteiger partial charge in [0.05, 0.1) is 0 Å². The standard InChI is InChI=1S/C27H34O2/c1-18(16-21-8-10-22(11-9-21)19(2)29-20(3)28)23-12-13-24-25(17-23)27(6,7)15-14-26(24,4)5/h8-13,16-17,19H,14-15H2,1-7H3. The largest absolute Gasteiger partial charge is 0.458 e. The van der Waals surface area contributed by atoms with Gasteiger partial charge in [0, 0.05) is 6.92 Å². The second-order valence-electron chi connectivity index (χ2n) is 9.77. The third kappa shape index (κ3) is 4.63. The van der Waals surface area contributed by atoms with E-state index in [4.69, 9.17) is 4.74 Å². The first-order valence-electron chi connectivity index (χ1n) is 10.6. The van der Waals surface area contributed by atoms with Crippen molar-refractivity contribution < 1.29 is 9.53 Å². The lowest BCUT2D eigenvalue weighted by Gasteiger charge is -2.42. The van der Waals surface area contributed by atoms with Crippen LogP contribution in [0.4, 0.5) is 0 Å². The summed E-state index contributed by atoms with van der Waals surface area (Å²) in [5, 5.41) is 0. The number of carbonyl (C=O) groups excluding carboxylic acids is 1. The molecule has 1 aliphatic rings. The van der Waals surface area contributed by atoms with Crippen molar-refractivity contribution in [1.29, 1.82) is 0 Å². The SMILES string of the molecule is CC(=O)OC(C)c1ccc(C=C(C)c2ccc3c(c2)C(C)(C)CCC3(C)C)cc1. The second-order valence-corrected chi connectivity index (χ2v) is 9.77. The number of benzene rings is 2. The van der Waals surface area contributed by atoms with Crippen LogP contribution in [0.1, 0.15) is 95.2 Å². The minimum atomic E-state index is -0.254. The van der Waals surface area contributed by atoms with Crippen LogP contribution in [-0.4, -0.2) is 5.97 Å². The molecule has 154 valence electrons. The molecule has 0 bridgehead atoms. The van der Waals surface area contributed by atoms with Crippen molar-refractivity contribution in [3.8, 4) is 0 Å². The van der Waals surface area contributed by atoms with Crippen molar-refractivity contribution >= 4 is 17.6 Å². The number of allylic oxidation sites excluding steroid dienone is 1. The first-order chi connectivity index (χ1) is 13.5. The average Bonchev–Trinajstić information content (AvgIpc) is 2.65. The number of hydrogen-bond donors (Lipinski definition) is 0. The van der Waals surface area contributed by atoms with Crippen LogP contribution in [0.2, 0.25) is 0 Å². The Bertz CT molecular complexity index is 930. The maximum absolute atomic E-state index is 11.2. The number of rotatable bonds is 4. The highest BCUT2D eigenvalue weighted by Crippen LogP contribution is 2.46. The molecule has 1 atom stereocenters. The molecule has 29 heavy (non-hydrogen) atoms. The molecule has 0 fully saturated rings. The molecule has 2 heteroatoms. The summed E-state index contributed by atoms with van der Waals surface area (Å²) in [5.74, 6) is -0.254. The molecule has 0 amide bonds. The van der Waals surface area contributed by atoms with Gasteiger partial charge in [-0.25, -0.2) is 0 Å². The van der Waals surface area contributed by atoms with E-state index < -0.39 is 0 Å². The first-order valence-corrected chi connectivity index (χ1v) is 10.6. The van der Waals surface area contributed by atoms with E-state index in [0.717, 1.165) is 11.1 Å². The molecule has 2 aromatic carbocycles. The van der Waals surface area contributed by atoms with Crippen LogP contribution >= 0.6 is 0 Å². The molecule has 0 spiro atoms. The van der Waals surface area contributed by atoms with Gasteiger partial charge in [-0.05, 0) is 70.9 Å². The Balaban J connectivity index is 1.88. The van der Waals surface area contributed by atoms with Crippen molar-refractivity contribution in [2.24, 2.45) is 0 Å². The number of fused-ring (bicyclic) bond motifs is 1. The van der Waals surface area contributed by atoms with Crippen LogP contribution in [-0.2, 0) is 20.4 Å². The fourth-order valence-corrected chi connectivity index (χ4v) is 4.35. The third-order valence-corrected chi connectivity index (χ3v) is 6.44. The fraction of sp³-hybridized carbons (Fsp3) is 0.444. The molecule has 0 N–H and O–H groups in total. The van der Waals surface area contributed by atoms with Crippen LogP contribution in [0, 0.1) is 0 Å². The topological polar surface area (TPSA) is 26.3 Å². The number of ether oxygens (including phenoxy) is 1. The average molecular weight is 391 g/mol. The van der Waals surface area contributed by atoms with E-state index in [1.54, 1.807) is 0 Å². The highest BCUT2D eigenvalue weighted by molar-refractivity contribution is 5.80. The van der Waals surface area contributed by atoms with Gasteiger partial charge in [-0.3, -0.25) is 4.79 Å². The van der Waals surface area contributed by atoms with E-state index in [2.05, 4.69) is 71.0 Å². The quantitative estimate of drug-likeness (QED) is 0.407. The van der Waals surface area contributed by atoms with Crippen LogP contribution in [0.5, 0.6) is 0 Å². The first kappa shape index (κ1) is 21.4. The predicted molar refractivity (Wildman–Crippen MR) is 122 cm³/mol. The fourth-order valence-electron chi connectivity index (χ4n) is 4.35. The van der Waals surface area contributed by atoms with E-state index in [-0.39, 0.29) is 22.9 Å². The van der Waals surface area contributed by atoms with Crippen molar-refractivity contribution in [2.45, 2.75) is 78.2 Å². The van der Waals surface area contributed by atoms with Crippen LogP contribution in [0.15, 0.2) is 42.5 Å². The monoisotopic (exact) mass is 390 g/mol. The maximum atomic E-state index is 11.2. The molecule has 0 aromatic heterocycles. The van der Waals surface area contributed by atoms with Gasteiger partial charge in [0.15, 0.2) is 0 Å². The molecular formula is C27H34O2. The summed E-state index contributed by atoms with van der Waals surface area (Å²) >= 11 is 0. The van der Waals surface area contributed by atoms with Gasteiger partial charge in [-0.2, -0.15) is 0 Å². The number of hydrogen-bond acceptors (Lipinski definition) is 2. The van der Waals surface area contributed by atoms with Crippen molar-refractivity contribution in [3.63, 3.8) is 0 Å². The minimum absolute atomic E-state index is 0.218. The van der Waals surface area contributed by atoms with Gasteiger partial charge in [0.25, 0.3) is 0 Å². The smallest absolute Gasteiger partial charge is 0.303 e. The summed E-state index contributed by atoms with van der Waals surface area (Å²) in [6.07, 6.45) is 4.46. The summed E-state index contributed by atoms with van der Waals surface area (Å²) in [6, 6.07) is 15.3. The van der Waals surface area contributed by atoms with Gasteiger partial charge < -0.3 is 4.74 Å². The second kappa shape index (κ2) is 7.82. The molecule has 3 rings (SSSR count). The van der Waals surface area contributed by atoms with Gasteiger partial charge in [0.2, 0.25) is 0 Å². The minimum Gasteiger partial charge on any atom is -0.458 e. The van der Waals surface area contributed by atoms with E-state index >= 15 is 0 Å². The van der Waals surface area contributed by atoms with Crippen molar-refractivity contribution in [3.05, 3.63) is 70.3 Å².